The average Bonchev–Trinajstić information content (AvgIpc) is 2.70. The maximum absolute atomic E-state index is 11.1. The van der Waals surface area contributed by atoms with E-state index in [1.165, 1.54) is 0 Å². The van der Waals surface area contributed by atoms with Gasteiger partial charge in [-0.3, -0.25) is 10.1 Å². The van der Waals surface area contributed by atoms with E-state index < -0.39 is 12.0 Å². The Kier molecular flexibility index (Phi) is 4.07. The Labute approximate surface area is 116 Å². The van der Waals surface area contributed by atoms with Crippen LogP contribution >= 0.6 is 11.6 Å². The minimum absolute atomic E-state index is 0.0176. The molecule has 19 heavy (non-hydrogen) atoms. The fourth-order valence-corrected chi connectivity index (χ4v) is 2.09. The molecule has 5 nitrogen and oxygen atoms in total. The number of rotatable bonds is 5. The molecule has 0 radical (unpaired) electrons. The van der Waals surface area contributed by atoms with Gasteiger partial charge >= 0.3 is 5.97 Å². The number of carboxylic acids is 1. The number of hydrogen-bond donors (Lipinski definition) is 2. The average molecular weight is 282 g/mol. The maximum Gasteiger partial charge on any atom is 0.320 e. The largest absolute Gasteiger partial charge is 0.480 e. The predicted molar refractivity (Wildman–Crippen MR) is 73.3 cm³/mol. The van der Waals surface area contributed by atoms with Crippen molar-refractivity contribution in [2.45, 2.75) is 26.4 Å². The summed E-state index contributed by atoms with van der Waals surface area (Å²) in [6, 6.07) is 3.02. The third-order valence-corrected chi connectivity index (χ3v) is 3.12. The van der Waals surface area contributed by atoms with Gasteiger partial charge in [0, 0.05) is 18.9 Å². The topological polar surface area (TPSA) is 66.6 Å². The number of aromatic nitrogens is 2. The van der Waals surface area contributed by atoms with Crippen molar-refractivity contribution in [1.82, 2.24) is 14.7 Å². The lowest BCUT2D eigenvalue weighted by atomic mass is 10.1. The zero-order valence-corrected chi connectivity index (χ0v) is 11.6. The van der Waals surface area contributed by atoms with E-state index in [1.54, 1.807) is 12.3 Å². The zero-order valence-electron chi connectivity index (χ0n) is 10.8. The Hall–Kier alpha value is -1.59. The molecule has 2 N–H and O–H groups in total. The molecule has 1 atom stereocenters. The molecule has 0 spiro atoms. The molecule has 0 saturated heterocycles. The highest BCUT2D eigenvalue weighted by Crippen LogP contribution is 2.12. The van der Waals surface area contributed by atoms with Gasteiger partial charge < -0.3 is 9.51 Å². The van der Waals surface area contributed by atoms with Crippen LogP contribution in [-0.2, 0) is 11.3 Å². The van der Waals surface area contributed by atoms with E-state index in [0.717, 1.165) is 11.3 Å². The summed E-state index contributed by atoms with van der Waals surface area (Å²) in [6.07, 6.45) is 3.61. The van der Waals surface area contributed by atoms with Gasteiger partial charge in [-0.15, -0.1) is 0 Å². The van der Waals surface area contributed by atoms with Crippen LogP contribution in [0.2, 0.25) is 5.02 Å². The van der Waals surface area contributed by atoms with Crippen LogP contribution in [0.25, 0.3) is 5.65 Å². The second-order valence-electron chi connectivity index (χ2n) is 4.79. The molecule has 0 aliphatic rings. The lowest BCUT2D eigenvalue weighted by Gasteiger charge is -2.16. The molecule has 0 aliphatic heterocycles. The number of hydrogen-bond acceptors (Lipinski definition) is 3. The molecule has 102 valence electrons. The molecule has 2 aromatic heterocycles. The van der Waals surface area contributed by atoms with Gasteiger partial charge in [0.1, 0.15) is 11.7 Å². The Balaban J connectivity index is 2.11. The summed E-state index contributed by atoms with van der Waals surface area (Å²) >= 11 is 5.90. The Morgan fingerprint density at radius 2 is 2.21 bits per heavy atom. The highest BCUT2D eigenvalue weighted by molar-refractivity contribution is 6.30. The van der Waals surface area contributed by atoms with Crippen molar-refractivity contribution in [3.8, 4) is 0 Å². The second kappa shape index (κ2) is 5.59. The van der Waals surface area contributed by atoms with E-state index in [9.17, 15) is 4.79 Å². The number of carbonyl (C=O) groups is 1. The van der Waals surface area contributed by atoms with Gasteiger partial charge in [-0.1, -0.05) is 25.4 Å². The number of pyridine rings is 1. The van der Waals surface area contributed by atoms with E-state index in [4.69, 9.17) is 16.7 Å². The molecule has 0 bridgehead atoms. The van der Waals surface area contributed by atoms with Crippen molar-refractivity contribution in [2.75, 3.05) is 0 Å². The third kappa shape index (κ3) is 3.24. The van der Waals surface area contributed by atoms with Gasteiger partial charge in [-0.25, -0.2) is 4.98 Å². The SMILES string of the molecule is CC(C)C(NCc1cn2cc(Cl)ccc2n1)C(=O)O. The minimum Gasteiger partial charge on any atom is -0.480 e. The molecule has 0 aliphatic carbocycles. The van der Waals surface area contributed by atoms with Crippen LogP contribution in [0.4, 0.5) is 0 Å². The van der Waals surface area contributed by atoms with Crippen LogP contribution in [0.3, 0.4) is 0 Å². The molecule has 0 saturated carbocycles. The molecule has 0 aromatic carbocycles. The Morgan fingerprint density at radius 3 is 2.84 bits per heavy atom. The number of nitrogens with one attached hydrogen (secondary N) is 1. The summed E-state index contributed by atoms with van der Waals surface area (Å²) in [6.45, 7) is 4.15. The molecule has 2 heterocycles. The summed E-state index contributed by atoms with van der Waals surface area (Å²) in [5, 5.41) is 12.7. The smallest absolute Gasteiger partial charge is 0.320 e. The third-order valence-electron chi connectivity index (χ3n) is 2.90. The molecular weight excluding hydrogens is 266 g/mol. The zero-order chi connectivity index (χ0) is 14.0. The van der Waals surface area contributed by atoms with Gasteiger partial charge in [0.25, 0.3) is 0 Å². The summed E-state index contributed by atoms with van der Waals surface area (Å²) in [7, 11) is 0. The fourth-order valence-electron chi connectivity index (χ4n) is 1.93. The Morgan fingerprint density at radius 1 is 1.47 bits per heavy atom. The van der Waals surface area contributed by atoms with Crippen molar-refractivity contribution in [3.63, 3.8) is 0 Å². The first kappa shape index (κ1) is 13.8. The first-order valence-electron chi connectivity index (χ1n) is 6.06. The summed E-state index contributed by atoms with van der Waals surface area (Å²) in [4.78, 5) is 15.5. The molecule has 0 amide bonds. The molecule has 2 rings (SSSR count). The van der Waals surface area contributed by atoms with Crippen LogP contribution in [0.15, 0.2) is 24.5 Å². The monoisotopic (exact) mass is 281 g/mol. The number of halogens is 1. The van der Waals surface area contributed by atoms with Gasteiger partial charge in [0.15, 0.2) is 0 Å². The normalized spacial score (nSPS) is 13.1. The van der Waals surface area contributed by atoms with Gasteiger partial charge in [-0.2, -0.15) is 0 Å². The van der Waals surface area contributed by atoms with Crippen molar-refractivity contribution < 1.29 is 9.90 Å². The van der Waals surface area contributed by atoms with Gasteiger partial charge in [-0.05, 0) is 18.1 Å². The molecule has 2 aromatic rings. The van der Waals surface area contributed by atoms with Crippen molar-refractivity contribution >= 4 is 23.2 Å². The molecule has 1 unspecified atom stereocenters. The first-order chi connectivity index (χ1) is 8.97. The number of fused-ring (bicyclic) bond motifs is 1. The fraction of sp³-hybridized carbons (Fsp3) is 0.385. The number of carboxylic acid groups (broad SMARTS) is 1. The van der Waals surface area contributed by atoms with Crippen molar-refractivity contribution in [1.29, 1.82) is 0 Å². The van der Waals surface area contributed by atoms with E-state index in [1.807, 2.05) is 30.5 Å². The highest BCUT2D eigenvalue weighted by atomic mass is 35.5. The predicted octanol–water partition coefficient (Wildman–Crippen LogP) is 2.19. The van der Waals surface area contributed by atoms with Crippen molar-refractivity contribution in [2.24, 2.45) is 5.92 Å². The van der Waals surface area contributed by atoms with Crippen LogP contribution in [-0.4, -0.2) is 26.5 Å². The summed E-state index contributed by atoms with van der Waals surface area (Å²) < 4.78 is 1.82. The van der Waals surface area contributed by atoms with Crippen LogP contribution in [0.1, 0.15) is 19.5 Å². The maximum atomic E-state index is 11.1. The van der Waals surface area contributed by atoms with Crippen LogP contribution in [0, 0.1) is 5.92 Å². The van der Waals surface area contributed by atoms with E-state index >= 15 is 0 Å². The quantitative estimate of drug-likeness (QED) is 0.882. The molecule has 0 fully saturated rings. The van der Waals surface area contributed by atoms with Gasteiger partial charge in [0.2, 0.25) is 0 Å². The van der Waals surface area contributed by atoms with Crippen LogP contribution < -0.4 is 5.32 Å². The summed E-state index contributed by atoms with van der Waals surface area (Å²) in [5.74, 6) is -0.828. The molecular formula is C13H16ClN3O2. The number of imidazole rings is 1. The Bertz CT molecular complexity index is 595. The lowest BCUT2D eigenvalue weighted by molar-refractivity contribution is -0.140. The number of nitrogens with zero attached hydrogens (tertiary/aromatic N) is 2. The van der Waals surface area contributed by atoms with Crippen molar-refractivity contribution in [3.05, 3.63) is 35.2 Å². The number of aliphatic carboxylic acids is 1. The lowest BCUT2D eigenvalue weighted by Crippen LogP contribution is -2.40. The minimum atomic E-state index is -0.846. The van der Waals surface area contributed by atoms with Crippen LogP contribution in [0.5, 0.6) is 0 Å². The van der Waals surface area contributed by atoms with E-state index in [2.05, 4.69) is 10.3 Å². The summed E-state index contributed by atoms with van der Waals surface area (Å²) in [5.41, 5.74) is 1.58. The standard InChI is InChI=1S/C13H16ClN3O2/c1-8(2)12(13(18)19)15-5-10-7-17-6-9(14)3-4-11(17)16-10/h3-4,6-8,12,15H,5H2,1-2H3,(H,18,19). The van der Waals surface area contributed by atoms with Gasteiger partial charge in [0.05, 0.1) is 10.7 Å². The second-order valence-corrected chi connectivity index (χ2v) is 5.22. The first-order valence-corrected chi connectivity index (χ1v) is 6.44. The highest BCUT2D eigenvalue weighted by Gasteiger charge is 2.20. The van der Waals surface area contributed by atoms with E-state index in [-0.39, 0.29) is 5.92 Å². The molecule has 6 heteroatoms. The van der Waals surface area contributed by atoms with E-state index in [0.29, 0.717) is 11.6 Å².